The summed E-state index contributed by atoms with van der Waals surface area (Å²) >= 11 is 1.89. The Balaban J connectivity index is 1.78. The minimum atomic E-state index is 0.582. The van der Waals surface area contributed by atoms with Gasteiger partial charge in [0.05, 0.1) is 6.04 Å². The summed E-state index contributed by atoms with van der Waals surface area (Å²) < 4.78 is 0. The zero-order valence-electron chi connectivity index (χ0n) is 11.1. The first-order valence-electron chi connectivity index (χ1n) is 6.78. The predicted octanol–water partition coefficient (Wildman–Crippen LogP) is 3.99. The van der Waals surface area contributed by atoms with Gasteiger partial charge in [0.2, 0.25) is 0 Å². The number of aryl methyl sites for hydroxylation is 1. The Bertz CT molecular complexity index is 481. The second-order valence-corrected chi connectivity index (χ2v) is 6.38. The summed E-state index contributed by atoms with van der Waals surface area (Å²) in [6.45, 7) is 4.33. The fourth-order valence-corrected chi connectivity index (χ4v) is 3.98. The Kier molecular flexibility index (Phi) is 3.33. The first kappa shape index (κ1) is 12.1. The zero-order chi connectivity index (χ0) is 12.5. The molecule has 1 saturated carbocycles. The Morgan fingerprint density at radius 1 is 1.28 bits per heavy atom. The number of nitrogens with zero attached hydrogens (tertiary/aromatic N) is 1. The van der Waals surface area contributed by atoms with E-state index in [-0.39, 0.29) is 0 Å². The van der Waals surface area contributed by atoms with E-state index in [0.717, 1.165) is 11.1 Å². The summed E-state index contributed by atoms with van der Waals surface area (Å²) in [6, 6.07) is 6.99. The fraction of sp³-hybridized carbons (Fsp3) is 0.533. The molecular weight excluding hydrogens is 240 g/mol. The third kappa shape index (κ3) is 2.28. The van der Waals surface area contributed by atoms with E-state index in [0.29, 0.717) is 6.04 Å². The van der Waals surface area contributed by atoms with Crippen molar-refractivity contribution in [3.05, 3.63) is 29.3 Å². The lowest BCUT2D eigenvalue weighted by Gasteiger charge is -2.24. The maximum atomic E-state index is 4.88. The molecule has 1 aliphatic carbocycles. The van der Waals surface area contributed by atoms with Crippen molar-refractivity contribution in [2.24, 2.45) is 10.9 Å². The van der Waals surface area contributed by atoms with Crippen molar-refractivity contribution in [3.63, 3.8) is 0 Å². The highest BCUT2D eigenvalue weighted by atomic mass is 32.2. The van der Waals surface area contributed by atoms with E-state index in [4.69, 9.17) is 4.99 Å². The van der Waals surface area contributed by atoms with Crippen LogP contribution in [-0.2, 0) is 0 Å². The Morgan fingerprint density at radius 3 is 3.06 bits per heavy atom. The number of thioether (sulfide) groups is 1. The van der Waals surface area contributed by atoms with Crippen LogP contribution in [0.25, 0.3) is 0 Å². The van der Waals surface area contributed by atoms with E-state index >= 15 is 0 Å². The molecule has 0 radical (unpaired) electrons. The quantitative estimate of drug-likeness (QED) is 0.825. The second-order valence-electron chi connectivity index (χ2n) is 5.38. The summed E-state index contributed by atoms with van der Waals surface area (Å²) in [5.41, 5.74) is 3.87. The first-order chi connectivity index (χ1) is 8.74. The van der Waals surface area contributed by atoms with Gasteiger partial charge in [0.25, 0.3) is 0 Å². The van der Waals surface area contributed by atoms with Crippen LogP contribution < -0.4 is 5.32 Å². The summed E-state index contributed by atoms with van der Waals surface area (Å²) in [7, 11) is 0. The molecule has 0 saturated heterocycles. The third-order valence-corrected chi connectivity index (χ3v) is 5.26. The fourth-order valence-electron chi connectivity index (χ4n) is 2.83. The number of amidine groups is 1. The molecule has 2 atom stereocenters. The molecule has 3 heteroatoms. The van der Waals surface area contributed by atoms with Gasteiger partial charge in [-0.3, -0.25) is 4.99 Å². The molecule has 1 aromatic carbocycles. The van der Waals surface area contributed by atoms with Crippen LogP contribution in [0.3, 0.4) is 0 Å². The molecule has 1 heterocycles. The minimum Gasteiger partial charge on any atom is -0.335 e. The van der Waals surface area contributed by atoms with E-state index < -0.39 is 0 Å². The second kappa shape index (κ2) is 4.96. The molecule has 1 aliphatic heterocycles. The van der Waals surface area contributed by atoms with Crippen LogP contribution in [0, 0.1) is 19.8 Å². The van der Waals surface area contributed by atoms with Gasteiger partial charge in [0.15, 0.2) is 5.17 Å². The Hall–Kier alpha value is -0.960. The van der Waals surface area contributed by atoms with Crippen LogP contribution >= 0.6 is 11.8 Å². The molecule has 2 aliphatic rings. The SMILES string of the molecule is Cc1cccc(NC2=NC3CCCC3CS2)c1C. The zero-order valence-corrected chi connectivity index (χ0v) is 11.9. The van der Waals surface area contributed by atoms with Gasteiger partial charge < -0.3 is 5.32 Å². The van der Waals surface area contributed by atoms with Gasteiger partial charge in [-0.15, -0.1) is 0 Å². The number of rotatable bonds is 1. The van der Waals surface area contributed by atoms with Crippen molar-refractivity contribution in [1.29, 1.82) is 0 Å². The van der Waals surface area contributed by atoms with Gasteiger partial charge in [-0.05, 0) is 49.8 Å². The molecule has 0 spiro atoms. The number of anilines is 1. The van der Waals surface area contributed by atoms with E-state index in [2.05, 4.69) is 37.4 Å². The van der Waals surface area contributed by atoms with Crippen LogP contribution in [0.4, 0.5) is 5.69 Å². The molecule has 1 fully saturated rings. The lowest BCUT2D eigenvalue weighted by atomic mass is 10.1. The van der Waals surface area contributed by atoms with E-state index in [1.54, 1.807) is 0 Å². The predicted molar refractivity (Wildman–Crippen MR) is 80.6 cm³/mol. The van der Waals surface area contributed by atoms with Gasteiger partial charge in [-0.25, -0.2) is 0 Å². The molecule has 0 bridgehead atoms. The number of hydrogen-bond acceptors (Lipinski definition) is 3. The number of fused-ring (bicyclic) bond motifs is 1. The maximum Gasteiger partial charge on any atom is 0.161 e. The number of nitrogens with one attached hydrogen (secondary N) is 1. The molecule has 1 aromatic rings. The number of aliphatic imine (C=N–C) groups is 1. The highest BCUT2D eigenvalue weighted by molar-refractivity contribution is 8.14. The smallest absolute Gasteiger partial charge is 0.161 e. The molecule has 2 unspecified atom stereocenters. The highest BCUT2D eigenvalue weighted by Crippen LogP contribution is 2.35. The normalized spacial score (nSPS) is 26.7. The Morgan fingerprint density at radius 2 is 2.17 bits per heavy atom. The first-order valence-corrected chi connectivity index (χ1v) is 7.76. The van der Waals surface area contributed by atoms with Crippen molar-refractivity contribution < 1.29 is 0 Å². The lowest BCUT2D eigenvalue weighted by molar-refractivity contribution is 0.535. The van der Waals surface area contributed by atoms with E-state index in [1.165, 1.54) is 41.8 Å². The number of benzene rings is 1. The summed E-state index contributed by atoms with van der Waals surface area (Å²) in [5, 5.41) is 4.63. The molecule has 1 N–H and O–H groups in total. The van der Waals surface area contributed by atoms with E-state index in [1.807, 2.05) is 11.8 Å². The van der Waals surface area contributed by atoms with Crippen LogP contribution in [0.1, 0.15) is 30.4 Å². The topological polar surface area (TPSA) is 24.4 Å². The standard InChI is InChI=1S/C15H20N2S/c1-10-5-3-7-13(11(10)2)16-15-17-14-8-4-6-12(14)9-18-15/h3,5,7,12,14H,4,6,8-9H2,1-2H3,(H,16,17). The average molecular weight is 260 g/mol. The molecule has 0 aromatic heterocycles. The molecule has 18 heavy (non-hydrogen) atoms. The molecule has 2 nitrogen and oxygen atoms in total. The van der Waals surface area contributed by atoms with Crippen molar-refractivity contribution in [1.82, 2.24) is 0 Å². The van der Waals surface area contributed by atoms with Crippen molar-refractivity contribution >= 4 is 22.6 Å². The van der Waals surface area contributed by atoms with Gasteiger partial charge in [0.1, 0.15) is 0 Å². The van der Waals surface area contributed by atoms with Crippen LogP contribution in [0.15, 0.2) is 23.2 Å². The van der Waals surface area contributed by atoms with Gasteiger partial charge in [-0.2, -0.15) is 0 Å². The Labute approximate surface area is 113 Å². The highest BCUT2D eigenvalue weighted by Gasteiger charge is 2.30. The molecule has 3 rings (SSSR count). The maximum absolute atomic E-state index is 4.88. The molecule has 96 valence electrons. The molecular formula is C15H20N2S. The van der Waals surface area contributed by atoms with Crippen molar-refractivity contribution in [2.75, 3.05) is 11.1 Å². The van der Waals surface area contributed by atoms with Crippen LogP contribution in [-0.4, -0.2) is 17.0 Å². The largest absolute Gasteiger partial charge is 0.335 e. The van der Waals surface area contributed by atoms with Gasteiger partial charge in [-0.1, -0.05) is 30.3 Å². The molecule has 0 amide bonds. The summed E-state index contributed by atoms with van der Waals surface area (Å²) in [4.78, 5) is 4.88. The third-order valence-electron chi connectivity index (χ3n) is 4.18. The van der Waals surface area contributed by atoms with Gasteiger partial charge >= 0.3 is 0 Å². The van der Waals surface area contributed by atoms with E-state index in [9.17, 15) is 0 Å². The van der Waals surface area contributed by atoms with Crippen LogP contribution in [0.2, 0.25) is 0 Å². The lowest BCUT2D eigenvalue weighted by Crippen LogP contribution is -2.25. The minimum absolute atomic E-state index is 0.582. The van der Waals surface area contributed by atoms with Gasteiger partial charge in [0, 0.05) is 11.4 Å². The summed E-state index contributed by atoms with van der Waals surface area (Å²) in [6.07, 6.45) is 4.01. The van der Waals surface area contributed by atoms with Crippen molar-refractivity contribution in [2.45, 2.75) is 39.2 Å². The van der Waals surface area contributed by atoms with Crippen LogP contribution in [0.5, 0.6) is 0 Å². The average Bonchev–Trinajstić information content (AvgIpc) is 2.82. The summed E-state index contributed by atoms with van der Waals surface area (Å²) in [5.74, 6) is 2.07. The van der Waals surface area contributed by atoms with Crippen molar-refractivity contribution in [3.8, 4) is 0 Å². The number of hydrogen-bond donors (Lipinski definition) is 1. The monoisotopic (exact) mass is 260 g/mol.